The predicted octanol–water partition coefficient (Wildman–Crippen LogP) is -0.763. The van der Waals surface area contributed by atoms with E-state index < -0.39 is 50.5 Å². The molecule has 2 heterocycles. The Morgan fingerprint density at radius 2 is 1.86 bits per heavy atom. The minimum absolute atomic E-state index is 0.0215. The summed E-state index contributed by atoms with van der Waals surface area (Å²) in [7, 11) is -6.05. The molecule has 2 aliphatic rings. The number of carbonyl (C=O) groups is 3. The van der Waals surface area contributed by atoms with Crippen LogP contribution in [0.5, 0.6) is 5.75 Å². The Bertz CT molecular complexity index is 1210. The van der Waals surface area contributed by atoms with Gasteiger partial charge >= 0.3 is 20.7 Å². The molecule has 2 aliphatic heterocycles. The first-order valence-electron chi connectivity index (χ1n) is 11.2. The first-order valence-corrected chi connectivity index (χ1v) is 12.9. The molecule has 1 fully saturated rings. The highest BCUT2D eigenvalue weighted by Gasteiger charge is 2.39. The third-order valence-corrected chi connectivity index (χ3v) is 7.14. The van der Waals surface area contributed by atoms with Crippen molar-refractivity contribution in [2.45, 2.75) is 37.3 Å². The van der Waals surface area contributed by atoms with Gasteiger partial charge in [-0.25, -0.2) is 4.79 Å². The average molecular weight is 517 g/mol. The number of carboxylic acids is 1. The second kappa shape index (κ2) is 10.4. The summed E-state index contributed by atoms with van der Waals surface area (Å²) in [5, 5.41) is 28.0. The Morgan fingerprint density at radius 1 is 1.14 bits per heavy atom. The predicted molar refractivity (Wildman–Crippen MR) is 128 cm³/mol. The maximum absolute atomic E-state index is 13.3. The number of benzene rings is 2. The molecule has 14 heteroatoms. The summed E-state index contributed by atoms with van der Waals surface area (Å²) in [5.41, 5.74) is 0.638. The van der Waals surface area contributed by atoms with Crippen LogP contribution in [-0.2, 0) is 20.6 Å². The second-order valence-electron chi connectivity index (χ2n) is 8.65. The van der Waals surface area contributed by atoms with Gasteiger partial charge < -0.3 is 40.5 Å². The highest BCUT2D eigenvalue weighted by molar-refractivity contribution is 7.60. The summed E-state index contributed by atoms with van der Waals surface area (Å²) in [6.07, 6.45) is 1.47. The van der Waals surface area contributed by atoms with E-state index in [-0.39, 0.29) is 28.6 Å². The molecule has 1 saturated heterocycles. The fraction of sp³-hybridized carbons (Fsp3) is 0.318. The largest absolute Gasteiger partial charge is 0.547 e. The van der Waals surface area contributed by atoms with Crippen molar-refractivity contribution in [3.05, 3.63) is 59.2 Å². The Kier molecular flexibility index (Phi) is 7.48. The highest BCUT2D eigenvalue weighted by atomic mass is 31.2. The lowest BCUT2D eigenvalue weighted by molar-refractivity contribution is -0.130. The van der Waals surface area contributed by atoms with Crippen molar-refractivity contribution in [1.29, 1.82) is 0 Å². The maximum Gasteiger partial charge on any atom is 0.547 e. The van der Waals surface area contributed by atoms with Crippen LogP contribution in [0.1, 0.15) is 40.4 Å². The number of fused-ring (bicyclic) bond motifs is 1. The molecule has 0 aliphatic carbocycles. The van der Waals surface area contributed by atoms with E-state index in [4.69, 9.17) is 4.65 Å². The van der Waals surface area contributed by atoms with Gasteiger partial charge in [0.2, 0.25) is 11.8 Å². The Hall–Kier alpha value is -3.22. The molecule has 3 atom stereocenters. The van der Waals surface area contributed by atoms with E-state index in [9.17, 15) is 38.9 Å². The van der Waals surface area contributed by atoms with Gasteiger partial charge in [0.05, 0.1) is 22.9 Å². The summed E-state index contributed by atoms with van der Waals surface area (Å²) in [6.45, 7) is 0.662. The molecule has 2 unspecified atom stereocenters. The fourth-order valence-electron chi connectivity index (χ4n) is 4.29. The van der Waals surface area contributed by atoms with E-state index in [0.29, 0.717) is 18.5 Å². The smallest absolute Gasteiger partial charge is 0.534 e. The third-order valence-electron chi connectivity index (χ3n) is 6.17. The first-order chi connectivity index (χ1) is 17.0. The van der Waals surface area contributed by atoms with Crippen LogP contribution in [0.4, 0.5) is 0 Å². The molecule has 2 aromatic carbocycles. The van der Waals surface area contributed by atoms with E-state index in [0.717, 1.165) is 6.42 Å². The highest BCUT2D eigenvalue weighted by Crippen LogP contribution is 2.33. The number of nitrogens with one attached hydrogen (secondary N) is 3. The van der Waals surface area contributed by atoms with Gasteiger partial charge in [-0.3, -0.25) is 14.2 Å². The van der Waals surface area contributed by atoms with Gasteiger partial charge in [-0.2, -0.15) is 0 Å². The van der Waals surface area contributed by atoms with Crippen molar-refractivity contribution in [1.82, 2.24) is 16.0 Å². The molecule has 7 N–H and O–H groups in total. The lowest BCUT2D eigenvalue weighted by Gasteiger charge is -2.30. The average Bonchev–Trinajstić information content (AvgIpc) is 3.37. The lowest BCUT2D eigenvalue weighted by atomic mass is 9.72. The van der Waals surface area contributed by atoms with E-state index in [2.05, 4.69) is 16.0 Å². The molecule has 0 saturated carbocycles. The van der Waals surface area contributed by atoms with Crippen LogP contribution >= 0.6 is 7.60 Å². The number of rotatable bonds is 7. The Balaban J connectivity index is 1.56. The molecule has 0 radical (unpaired) electrons. The first kappa shape index (κ1) is 25.9. The number of hydrogen-bond donors (Lipinski definition) is 7. The minimum atomic E-state index is -4.51. The van der Waals surface area contributed by atoms with Crippen LogP contribution in [-0.4, -0.2) is 63.3 Å². The summed E-state index contributed by atoms with van der Waals surface area (Å²) in [6, 6.07) is 7.81. The van der Waals surface area contributed by atoms with Crippen LogP contribution in [0.3, 0.4) is 0 Å². The van der Waals surface area contributed by atoms with Crippen LogP contribution < -0.4 is 25.9 Å². The maximum atomic E-state index is 13.3. The van der Waals surface area contributed by atoms with Gasteiger partial charge in [-0.15, -0.1) is 0 Å². The molecular weight excluding hydrogens is 492 g/mol. The second-order valence-corrected chi connectivity index (χ2v) is 10.3. The van der Waals surface area contributed by atoms with E-state index in [1.165, 1.54) is 36.4 Å². The topological polar surface area (TPSA) is 195 Å². The number of amides is 2. The Morgan fingerprint density at radius 3 is 2.47 bits per heavy atom. The number of aromatic carboxylic acids is 1. The van der Waals surface area contributed by atoms with Crippen molar-refractivity contribution in [2.75, 3.05) is 6.54 Å². The molecule has 2 amide bonds. The quantitative estimate of drug-likeness (QED) is 0.181. The van der Waals surface area contributed by atoms with Crippen molar-refractivity contribution >= 4 is 37.8 Å². The number of hydrogen-bond acceptors (Lipinski definition) is 7. The standard InChI is InChI=1S/C22H25BN3O9P/c27-20(16-5-2-10-24-16)26-18(12-6-8-14(9-7-12)36(32,33)34)21(28)25-17-11-13-3-1-4-15(22(29)30)19(13)35-23(17)31/h1,3-4,6-9,16-18,24,31H,2,5,10-11H2,(H,25,28)(H,26,27)(H,29,30)(H2,32,33,34)/t16?,17-,18?/m0/s1. The van der Waals surface area contributed by atoms with Crippen LogP contribution in [0.25, 0.3) is 0 Å². The molecule has 4 rings (SSSR count). The van der Waals surface area contributed by atoms with Gasteiger partial charge in [0.1, 0.15) is 11.8 Å². The van der Waals surface area contributed by atoms with Gasteiger partial charge in [-0.1, -0.05) is 24.3 Å². The summed E-state index contributed by atoms with van der Waals surface area (Å²) in [4.78, 5) is 56.3. The SMILES string of the molecule is O=C(O)c1cccc2c1OB(O)[C@@H](NC(=O)C(NC(=O)C1CCCN1)c1ccc(P(=O)(O)O)cc1)C2. The third kappa shape index (κ3) is 5.61. The normalized spacial score (nSPS) is 20.1. The van der Waals surface area contributed by atoms with Crippen molar-refractivity contribution in [3.8, 4) is 5.75 Å². The van der Waals surface area contributed by atoms with Crippen molar-refractivity contribution < 1.29 is 43.5 Å². The zero-order chi connectivity index (χ0) is 26.0. The molecule has 190 valence electrons. The molecule has 2 aromatic rings. The fourth-order valence-corrected chi connectivity index (χ4v) is 4.83. The molecule has 0 spiro atoms. The van der Waals surface area contributed by atoms with Crippen LogP contribution in [0.2, 0.25) is 0 Å². The molecule has 36 heavy (non-hydrogen) atoms. The molecule has 0 aromatic heterocycles. The number of para-hydroxylation sites is 1. The summed E-state index contributed by atoms with van der Waals surface area (Å²) >= 11 is 0. The molecule has 12 nitrogen and oxygen atoms in total. The zero-order valence-electron chi connectivity index (χ0n) is 19.0. The van der Waals surface area contributed by atoms with Gasteiger partial charge in [-0.05, 0) is 55.1 Å². The van der Waals surface area contributed by atoms with E-state index >= 15 is 0 Å². The van der Waals surface area contributed by atoms with E-state index in [1.807, 2.05) is 0 Å². The number of carboxylic acid groups (broad SMARTS) is 1. The van der Waals surface area contributed by atoms with Gasteiger partial charge in [0.15, 0.2) is 0 Å². The summed E-state index contributed by atoms with van der Waals surface area (Å²) in [5.74, 6) is -3.25. The van der Waals surface area contributed by atoms with Crippen LogP contribution in [0, 0.1) is 0 Å². The minimum Gasteiger partial charge on any atom is -0.534 e. The van der Waals surface area contributed by atoms with Gasteiger partial charge in [0.25, 0.3) is 0 Å². The van der Waals surface area contributed by atoms with Crippen molar-refractivity contribution in [3.63, 3.8) is 0 Å². The molecular formula is C22H25BN3O9P. The Labute approximate surface area is 206 Å². The van der Waals surface area contributed by atoms with Gasteiger partial charge in [0, 0.05) is 0 Å². The number of carbonyl (C=O) groups excluding carboxylic acids is 2. The van der Waals surface area contributed by atoms with E-state index in [1.54, 1.807) is 6.07 Å². The molecule has 0 bridgehead atoms. The van der Waals surface area contributed by atoms with Crippen LogP contribution in [0.15, 0.2) is 42.5 Å². The van der Waals surface area contributed by atoms with Crippen molar-refractivity contribution in [2.24, 2.45) is 0 Å². The monoisotopic (exact) mass is 517 g/mol. The lowest BCUT2D eigenvalue weighted by Crippen LogP contribution is -2.56. The zero-order valence-corrected chi connectivity index (χ0v) is 19.9. The summed E-state index contributed by atoms with van der Waals surface area (Å²) < 4.78 is 16.9.